The van der Waals surface area contributed by atoms with Crippen molar-refractivity contribution in [3.8, 4) is 0 Å². The zero-order valence-electron chi connectivity index (χ0n) is 12.9. The Morgan fingerprint density at radius 3 is 2.71 bits per heavy atom. The van der Waals surface area contributed by atoms with E-state index >= 15 is 0 Å². The summed E-state index contributed by atoms with van der Waals surface area (Å²) in [6, 6.07) is 0.0862. The summed E-state index contributed by atoms with van der Waals surface area (Å²) in [5, 5.41) is 5.30. The lowest BCUT2D eigenvalue weighted by atomic mass is 10.0. The minimum Gasteiger partial charge on any atom is -0.323 e. The summed E-state index contributed by atoms with van der Waals surface area (Å²) in [7, 11) is 0. The quantitative estimate of drug-likeness (QED) is 0.906. The maximum absolute atomic E-state index is 12.6. The molecule has 0 bridgehead atoms. The Hall–Kier alpha value is -0.580. The van der Waals surface area contributed by atoms with Crippen molar-refractivity contribution in [3.63, 3.8) is 0 Å². The fourth-order valence-electron chi connectivity index (χ4n) is 3.10. The molecule has 0 radical (unpaired) electrons. The van der Waals surface area contributed by atoms with Crippen LogP contribution < -0.4 is 5.32 Å². The molecule has 3 rings (SSSR count). The number of anilines is 1. The number of amides is 1. The van der Waals surface area contributed by atoms with Crippen LogP contribution in [0, 0.1) is 19.8 Å². The molecule has 0 unspecified atom stereocenters. The lowest BCUT2D eigenvalue weighted by molar-refractivity contribution is -0.122. The van der Waals surface area contributed by atoms with E-state index in [1.54, 1.807) is 11.3 Å². The van der Waals surface area contributed by atoms with E-state index < -0.39 is 0 Å². The fraction of sp³-hybridized carbons (Fsp3) is 0.688. The molecule has 1 saturated carbocycles. The zero-order chi connectivity index (χ0) is 14.1. The van der Waals surface area contributed by atoms with Gasteiger partial charge in [0.05, 0.1) is 11.7 Å². The largest absolute Gasteiger partial charge is 0.323 e. The standard InChI is InChI=1S/C16H24N2OS.ClH/c1-11-10-20-12(2)15(11)17-16(19)14-5-3-4-8-18(14)9-13-6-7-13;/h10,13-14H,3-9H2,1-2H3,(H,17,19);1H/t14-;/m0./s1. The van der Waals surface area contributed by atoms with Crippen LogP contribution in [0.3, 0.4) is 0 Å². The summed E-state index contributed by atoms with van der Waals surface area (Å²) >= 11 is 1.71. The number of nitrogens with one attached hydrogen (secondary N) is 1. The number of halogens is 1. The molecule has 0 aromatic carbocycles. The van der Waals surface area contributed by atoms with E-state index in [2.05, 4.69) is 29.4 Å². The molecule has 5 heteroatoms. The molecule has 1 aliphatic heterocycles. The van der Waals surface area contributed by atoms with E-state index in [1.165, 1.54) is 36.1 Å². The van der Waals surface area contributed by atoms with Gasteiger partial charge in [0.1, 0.15) is 0 Å². The number of hydrogen-bond donors (Lipinski definition) is 1. The molecule has 1 saturated heterocycles. The third-order valence-corrected chi connectivity index (χ3v) is 5.54. The van der Waals surface area contributed by atoms with E-state index in [4.69, 9.17) is 0 Å². The topological polar surface area (TPSA) is 32.3 Å². The van der Waals surface area contributed by atoms with E-state index in [1.807, 2.05) is 0 Å². The predicted octanol–water partition coefficient (Wildman–Crippen LogP) is 3.99. The van der Waals surface area contributed by atoms with Gasteiger partial charge in [-0.3, -0.25) is 9.69 Å². The SMILES string of the molecule is Cc1csc(C)c1NC(=O)[C@@H]1CCCCN1CC1CC1.Cl. The number of carbonyl (C=O) groups is 1. The van der Waals surface area contributed by atoms with Gasteiger partial charge in [-0.25, -0.2) is 0 Å². The Morgan fingerprint density at radius 1 is 1.33 bits per heavy atom. The first-order chi connectivity index (χ1) is 9.65. The van der Waals surface area contributed by atoms with Crippen molar-refractivity contribution in [1.29, 1.82) is 0 Å². The highest BCUT2D eigenvalue weighted by Crippen LogP contribution is 2.33. The molecule has 0 spiro atoms. The molecule has 1 atom stereocenters. The zero-order valence-corrected chi connectivity index (χ0v) is 14.5. The summed E-state index contributed by atoms with van der Waals surface area (Å²) in [5.74, 6) is 1.06. The first-order valence-electron chi connectivity index (χ1n) is 7.74. The van der Waals surface area contributed by atoms with Crippen molar-refractivity contribution >= 4 is 35.3 Å². The number of piperidine rings is 1. The second-order valence-corrected chi connectivity index (χ2v) is 7.37. The Bertz CT molecular complexity index is 479. The number of carbonyl (C=O) groups excluding carboxylic acids is 1. The van der Waals surface area contributed by atoms with Gasteiger partial charge >= 0.3 is 0 Å². The first kappa shape index (κ1) is 16.8. The Balaban J connectivity index is 0.00000161. The molecule has 1 aromatic rings. The van der Waals surface area contributed by atoms with Gasteiger partial charge in [-0.2, -0.15) is 0 Å². The molecule has 1 N–H and O–H groups in total. The van der Waals surface area contributed by atoms with Crippen LogP contribution in [0.5, 0.6) is 0 Å². The van der Waals surface area contributed by atoms with Crippen LogP contribution in [0.2, 0.25) is 0 Å². The van der Waals surface area contributed by atoms with E-state index in [0.717, 1.165) is 31.1 Å². The van der Waals surface area contributed by atoms with Crippen molar-refractivity contribution in [1.82, 2.24) is 4.90 Å². The van der Waals surface area contributed by atoms with Crippen LogP contribution >= 0.6 is 23.7 Å². The molecular formula is C16H25ClN2OS. The molecule has 1 amide bonds. The van der Waals surface area contributed by atoms with Crippen LogP contribution in [-0.4, -0.2) is 29.9 Å². The predicted molar refractivity (Wildman–Crippen MR) is 91.6 cm³/mol. The highest BCUT2D eigenvalue weighted by atomic mass is 35.5. The van der Waals surface area contributed by atoms with Gasteiger partial charge in [-0.1, -0.05) is 6.42 Å². The van der Waals surface area contributed by atoms with Gasteiger partial charge in [0.25, 0.3) is 0 Å². The summed E-state index contributed by atoms with van der Waals surface area (Å²) in [6.45, 7) is 6.37. The van der Waals surface area contributed by atoms with Crippen LogP contribution in [0.4, 0.5) is 5.69 Å². The molecule has 2 fully saturated rings. The van der Waals surface area contributed by atoms with Crippen LogP contribution in [0.15, 0.2) is 5.38 Å². The van der Waals surface area contributed by atoms with Crippen molar-refractivity contribution in [2.75, 3.05) is 18.4 Å². The maximum atomic E-state index is 12.6. The second kappa shape index (κ2) is 7.12. The Kier molecular flexibility index (Phi) is 5.69. The number of rotatable bonds is 4. The lowest BCUT2D eigenvalue weighted by Crippen LogP contribution is -2.47. The van der Waals surface area contributed by atoms with E-state index in [-0.39, 0.29) is 24.4 Å². The van der Waals surface area contributed by atoms with Crippen molar-refractivity contribution in [2.24, 2.45) is 5.92 Å². The minimum atomic E-state index is 0. The summed E-state index contributed by atoms with van der Waals surface area (Å²) in [6.07, 6.45) is 6.15. The Morgan fingerprint density at radius 2 is 2.10 bits per heavy atom. The van der Waals surface area contributed by atoms with Gasteiger partial charge in [0, 0.05) is 11.4 Å². The average Bonchev–Trinajstić information content (AvgIpc) is 3.20. The van der Waals surface area contributed by atoms with Gasteiger partial charge in [0.2, 0.25) is 5.91 Å². The van der Waals surface area contributed by atoms with Gasteiger partial charge in [-0.15, -0.1) is 23.7 Å². The molecule has 1 aromatic heterocycles. The highest BCUT2D eigenvalue weighted by molar-refractivity contribution is 7.10. The molecule has 1 aliphatic carbocycles. The Labute approximate surface area is 137 Å². The number of thiophene rings is 1. The van der Waals surface area contributed by atoms with Crippen molar-refractivity contribution in [2.45, 2.75) is 52.0 Å². The van der Waals surface area contributed by atoms with Crippen LogP contribution in [0.25, 0.3) is 0 Å². The van der Waals surface area contributed by atoms with Crippen molar-refractivity contribution in [3.05, 3.63) is 15.8 Å². The monoisotopic (exact) mass is 328 g/mol. The molecule has 3 nitrogen and oxygen atoms in total. The summed E-state index contributed by atoms with van der Waals surface area (Å²) in [4.78, 5) is 16.3. The number of nitrogens with zero attached hydrogens (tertiary/aromatic N) is 1. The van der Waals surface area contributed by atoms with E-state index in [0.29, 0.717) is 0 Å². The third kappa shape index (κ3) is 3.99. The third-order valence-electron chi connectivity index (χ3n) is 4.51. The molecular weight excluding hydrogens is 304 g/mol. The lowest BCUT2D eigenvalue weighted by Gasteiger charge is -2.34. The van der Waals surface area contributed by atoms with Gasteiger partial charge < -0.3 is 5.32 Å². The van der Waals surface area contributed by atoms with Crippen LogP contribution in [-0.2, 0) is 4.79 Å². The number of likely N-dealkylation sites (tertiary alicyclic amines) is 1. The highest BCUT2D eigenvalue weighted by Gasteiger charge is 2.33. The normalized spacial score (nSPS) is 22.7. The van der Waals surface area contributed by atoms with Crippen LogP contribution in [0.1, 0.15) is 42.5 Å². The molecule has 2 aliphatic rings. The number of aryl methyl sites for hydroxylation is 2. The number of hydrogen-bond acceptors (Lipinski definition) is 3. The van der Waals surface area contributed by atoms with Crippen molar-refractivity contribution < 1.29 is 4.79 Å². The summed E-state index contributed by atoms with van der Waals surface area (Å²) in [5.41, 5.74) is 2.22. The molecule has 21 heavy (non-hydrogen) atoms. The average molecular weight is 329 g/mol. The van der Waals surface area contributed by atoms with Gasteiger partial charge in [-0.05, 0) is 62.9 Å². The second-order valence-electron chi connectivity index (χ2n) is 6.29. The maximum Gasteiger partial charge on any atom is 0.241 e. The van der Waals surface area contributed by atoms with E-state index in [9.17, 15) is 4.79 Å². The minimum absolute atomic E-state index is 0. The van der Waals surface area contributed by atoms with Gasteiger partial charge in [0.15, 0.2) is 0 Å². The smallest absolute Gasteiger partial charge is 0.241 e. The molecule has 118 valence electrons. The summed E-state index contributed by atoms with van der Waals surface area (Å²) < 4.78 is 0. The first-order valence-corrected chi connectivity index (χ1v) is 8.62. The fourth-order valence-corrected chi connectivity index (χ4v) is 3.91. The molecule has 2 heterocycles.